The van der Waals surface area contributed by atoms with Crippen LogP contribution in [0.2, 0.25) is 0 Å². The van der Waals surface area contributed by atoms with Gasteiger partial charge in [-0.3, -0.25) is 5.10 Å². The van der Waals surface area contributed by atoms with Crippen molar-refractivity contribution < 1.29 is 13.2 Å². The molecular weight excluding hydrogens is 267 g/mol. The van der Waals surface area contributed by atoms with E-state index in [0.717, 1.165) is 0 Å². The van der Waals surface area contributed by atoms with E-state index in [0.29, 0.717) is 37.1 Å². The highest BCUT2D eigenvalue weighted by molar-refractivity contribution is 5.64. The van der Waals surface area contributed by atoms with Gasteiger partial charge >= 0.3 is 6.18 Å². The van der Waals surface area contributed by atoms with Crippen LogP contribution in [0.4, 0.5) is 13.2 Å². The van der Waals surface area contributed by atoms with Crippen LogP contribution < -0.4 is 5.73 Å². The Bertz CT molecular complexity index is 547. The fourth-order valence-corrected chi connectivity index (χ4v) is 2.12. The Hall–Kier alpha value is -1.82. The summed E-state index contributed by atoms with van der Waals surface area (Å²) < 4.78 is 39.0. The van der Waals surface area contributed by atoms with Gasteiger partial charge in [0.05, 0.1) is 5.69 Å². The van der Waals surface area contributed by atoms with Crippen molar-refractivity contribution in [3.05, 3.63) is 41.6 Å². The van der Waals surface area contributed by atoms with Crippen molar-refractivity contribution in [2.75, 3.05) is 6.54 Å². The fourth-order valence-electron chi connectivity index (χ4n) is 2.12. The molecule has 2 rings (SSSR count). The Balaban J connectivity index is 2.39. The molecule has 0 unspecified atom stereocenters. The summed E-state index contributed by atoms with van der Waals surface area (Å²) in [7, 11) is 0. The van der Waals surface area contributed by atoms with Crippen LogP contribution >= 0.6 is 0 Å². The minimum atomic E-state index is -4.42. The van der Waals surface area contributed by atoms with E-state index in [9.17, 15) is 13.2 Å². The number of aromatic nitrogens is 2. The number of aromatic amines is 1. The molecule has 20 heavy (non-hydrogen) atoms. The highest BCUT2D eigenvalue weighted by Gasteiger charge is 2.37. The molecule has 1 aromatic heterocycles. The summed E-state index contributed by atoms with van der Waals surface area (Å²) in [6.45, 7) is 0.472. The van der Waals surface area contributed by atoms with Gasteiger partial charge in [0.1, 0.15) is 5.69 Å². The van der Waals surface area contributed by atoms with E-state index in [1.807, 2.05) is 6.07 Å². The van der Waals surface area contributed by atoms with Crippen LogP contribution in [0.3, 0.4) is 0 Å². The third kappa shape index (κ3) is 3.19. The van der Waals surface area contributed by atoms with Crippen LogP contribution in [0.5, 0.6) is 0 Å². The number of nitrogens with zero attached hydrogens (tertiary/aromatic N) is 1. The Morgan fingerprint density at radius 2 is 1.80 bits per heavy atom. The number of hydrogen-bond donors (Lipinski definition) is 2. The number of halogens is 3. The van der Waals surface area contributed by atoms with Gasteiger partial charge in [-0.25, -0.2) is 0 Å². The zero-order chi connectivity index (χ0) is 14.6. The molecule has 2 aromatic rings. The van der Waals surface area contributed by atoms with E-state index in [4.69, 9.17) is 5.73 Å². The molecule has 0 radical (unpaired) electrons. The maximum atomic E-state index is 13.0. The molecular formula is C14H16F3N3. The topological polar surface area (TPSA) is 54.7 Å². The molecule has 6 heteroatoms. The predicted octanol–water partition coefficient (Wildman–Crippen LogP) is 3.38. The molecule has 3 nitrogen and oxygen atoms in total. The second-order valence-electron chi connectivity index (χ2n) is 4.54. The standard InChI is InChI=1S/C14H16F3N3/c15-14(16,17)13-11(8-4-5-9-18)12(19-20-13)10-6-2-1-3-7-10/h1-3,6-7H,4-5,8-9,18H2,(H,19,20). The van der Waals surface area contributed by atoms with Gasteiger partial charge in [0.25, 0.3) is 0 Å². The Morgan fingerprint density at radius 1 is 1.10 bits per heavy atom. The van der Waals surface area contributed by atoms with Crippen LogP contribution in [-0.2, 0) is 12.6 Å². The molecule has 108 valence electrons. The van der Waals surface area contributed by atoms with Crippen LogP contribution in [0.25, 0.3) is 11.3 Å². The number of rotatable bonds is 5. The fraction of sp³-hybridized carbons (Fsp3) is 0.357. The third-order valence-electron chi connectivity index (χ3n) is 3.08. The van der Waals surface area contributed by atoms with E-state index >= 15 is 0 Å². The number of alkyl halides is 3. The summed E-state index contributed by atoms with van der Waals surface area (Å²) in [4.78, 5) is 0. The first-order chi connectivity index (χ1) is 9.54. The average molecular weight is 283 g/mol. The molecule has 0 saturated carbocycles. The van der Waals surface area contributed by atoms with Crippen molar-refractivity contribution in [1.29, 1.82) is 0 Å². The molecule has 0 amide bonds. The van der Waals surface area contributed by atoms with Crippen LogP contribution in [0.15, 0.2) is 30.3 Å². The molecule has 0 bridgehead atoms. The van der Waals surface area contributed by atoms with Crippen LogP contribution in [0, 0.1) is 0 Å². The normalized spacial score (nSPS) is 11.8. The molecule has 0 aliphatic carbocycles. The summed E-state index contributed by atoms with van der Waals surface area (Å²) in [5.74, 6) is 0. The number of unbranched alkanes of at least 4 members (excludes halogenated alkanes) is 1. The molecule has 0 aliphatic rings. The van der Waals surface area contributed by atoms with E-state index in [1.165, 1.54) is 0 Å². The number of H-pyrrole nitrogens is 1. The van der Waals surface area contributed by atoms with Crippen molar-refractivity contribution in [2.45, 2.75) is 25.4 Å². The SMILES string of the molecule is NCCCCc1c(-c2ccccc2)n[nH]c1C(F)(F)F. The Kier molecular flexibility index (Phi) is 4.44. The lowest BCUT2D eigenvalue weighted by Crippen LogP contribution is -2.09. The van der Waals surface area contributed by atoms with Crippen molar-refractivity contribution in [2.24, 2.45) is 5.73 Å². The minimum absolute atomic E-state index is 0.220. The first kappa shape index (κ1) is 14.6. The van der Waals surface area contributed by atoms with Gasteiger partial charge < -0.3 is 5.73 Å². The van der Waals surface area contributed by atoms with Gasteiger partial charge in [0.15, 0.2) is 0 Å². The summed E-state index contributed by atoms with van der Waals surface area (Å²) in [6.07, 6.45) is -2.81. The summed E-state index contributed by atoms with van der Waals surface area (Å²) in [5, 5.41) is 5.99. The highest BCUT2D eigenvalue weighted by atomic mass is 19.4. The van der Waals surface area contributed by atoms with Gasteiger partial charge in [-0.15, -0.1) is 0 Å². The van der Waals surface area contributed by atoms with E-state index < -0.39 is 11.9 Å². The van der Waals surface area contributed by atoms with E-state index in [2.05, 4.69) is 10.2 Å². The summed E-state index contributed by atoms with van der Waals surface area (Å²) >= 11 is 0. The van der Waals surface area contributed by atoms with E-state index in [1.54, 1.807) is 24.3 Å². The number of benzene rings is 1. The lowest BCUT2D eigenvalue weighted by Gasteiger charge is -2.08. The maximum absolute atomic E-state index is 13.0. The molecule has 0 fully saturated rings. The van der Waals surface area contributed by atoms with Crippen molar-refractivity contribution in [3.63, 3.8) is 0 Å². The van der Waals surface area contributed by atoms with Crippen LogP contribution in [-0.4, -0.2) is 16.7 Å². The van der Waals surface area contributed by atoms with Crippen LogP contribution in [0.1, 0.15) is 24.1 Å². The molecule has 1 aromatic carbocycles. The first-order valence-corrected chi connectivity index (χ1v) is 6.44. The molecule has 0 spiro atoms. The second-order valence-corrected chi connectivity index (χ2v) is 4.54. The minimum Gasteiger partial charge on any atom is -0.330 e. The van der Waals surface area contributed by atoms with Gasteiger partial charge in [-0.1, -0.05) is 30.3 Å². The first-order valence-electron chi connectivity index (χ1n) is 6.44. The average Bonchev–Trinajstić information content (AvgIpc) is 2.84. The van der Waals surface area contributed by atoms with Gasteiger partial charge in [-0.05, 0) is 25.8 Å². The molecule has 0 aliphatic heterocycles. The van der Waals surface area contributed by atoms with Gasteiger partial charge in [-0.2, -0.15) is 18.3 Å². The lowest BCUT2D eigenvalue weighted by molar-refractivity contribution is -0.141. The second kappa shape index (κ2) is 6.09. The third-order valence-corrected chi connectivity index (χ3v) is 3.08. The van der Waals surface area contributed by atoms with Gasteiger partial charge in [0, 0.05) is 11.1 Å². The smallest absolute Gasteiger partial charge is 0.330 e. The molecule has 0 atom stereocenters. The van der Waals surface area contributed by atoms with E-state index in [-0.39, 0.29) is 5.56 Å². The number of nitrogens with one attached hydrogen (secondary N) is 1. The summed E-state index contributed by atoms with van der Waals surface area (Å²) in [5.41, 5.74) is 5.91. The predicted molar refractivity (Wildman–Crippen MR) is 71.0 cm³/mol. The lowest BCUT2D eigenvalue weighted by atomic mass is 10.0. The monoisotopic (exact) mass is 283 g/mol. The zero-order valence-corrected chi connectivity index (χ0v) is 10.9. The molecule has 3 N–H and O–H groups in total. The molecule has 0 saturated heterocycles. The Morgan fingerprint density at radius 3 is 2.40 bits per heavy atom. The molecule has 1 heterocycles. The van der Waals surface area contributed by atoms with Crippen molar-refractivity contribution >= 4 is 0 Å². The Labute approximate surface area is 115 Å². The largest absolute Gasteiger partial charge is 0.433 e. The maximum Gasteiger partial charge on any atom is 0.433 e. The van der Waals surface area contributed by atoms with Gasteiger partial charge in [0.2, 0.25) is 0 Å². The number of hydrogen-bond acceptors (Lipinski definition) is 2. The number of nitrogens with two attached hydrogens (primary N) is 1. The quantitative estimate of drug-likeness (QED) is 0.826. The summed E-state index contributed by atoms with van der Waals surface area (Å²) in [6, 6.07) is 8.88. The highest BCUT2D eigenvalue weighted by Crippen LogP contribution is 2.35. The van der Waals surface area contributed by atoms with Crippen molar-refractivity contribution in [1.82, 2.24) is 10.2 Å². The zero-order valence-electron chi connectivity index (χ0n) is 10.9. The van der Waals surface area contributed by atoms with Crippen molar-refractivity contribution in [3.8, 4) is 11.3 Å².